The Balaban J connectivity index is 1.85. The number of hydrogen-bond acceptors (Lipinski definition) is 3. The quantitative estimate of drug-likeness (QED) is 0.827. The molecule has 0 aromatic rings. The van der Waals surface area contributed by atoms with Gasteiger partial charge in [-0.05, 0) is 26.2 Å². The maximum absolute atomic E-state index is 12.3. The zero-order chi connectivity index (χ0) is 13.0. The van der Waals surface area contributed by atoms with Crippen molar-refractivity contribution in [2.75, 3.05) is 26.2 Å². The Bertz CT molecular complexity index is 290. The van der Waals surface area contributed by atoms with Gasteiger partial charge in [-0.15, -0.1) is 0 Å². The molecule has 0 spiro atoms. The van der Waals surface area contributed by atoms with E-state index >= 15 is 0 Å². The lowest BCUT2D eigenvalue weighted by Crippen LogP contribution is -2.60. The first-order valence-electron chi connectivity index (χ1n) is 7.29. The van der Waals surface area contributed by atoms with E-state index in [0.29, 0.717) is 6.04 Å². The maximum Gasteiger partial charge on any atom is 0.248 e. The molecule has 0 aromatic carbocycles. The third kappa shape index (κ3) is 3.23. The molecule has 1 amide bonds. The van der Waals surface area contributed by atoms with Gasteiger partial charge in [0, 0.05) is 25.7 Å². The van der Waals surface area contributed by atoms with Gasteiger partial charge in [0.05, 0.1) is 5.60 Å². The minimum absolute atomic E-state index is 0.122. The van der Waals surface area contributed by atoms with E-state index in [4.69, 9.17) is 4.74 Å². The van der Waals surface area contributed by atoms with Crippen molar-refractivity contribution < 1.29 is 9.53 Å². The third-order valence-corrected chi connectivity index (χ3v) is 4.21. The maximum atomic E-state index is 12.3. The fraction of sp³-hybridized carbons (Fsp3) is 0.929. The molecule has 1 atom stereocenters. The molecule has 2 heterocycles. The molecule has 1 unspecified atom stereocenters. The van der Waals surface area contributed by atoms with Gasteiger partial charge in [-0.2, -0.15) is 0 Å². The summed E-state index contributed by atoms with van der Waals surface area (Å²) in [6.07, 6.45) is 5.86. The highest BCUT2D eigenvalue weighted by molar-refractivity contribution is 5.77. The second-order valence-corrected chi connectivity index (χ2v) is 5.84. The van der Waals surface area contributed by atoms with Gasteiger partial charge in [-0.3, -0.25) is 4.79 Å². The largest absolute Gasteiger partial charge is 0.363 e. The fourth-order valence-electron chi connectivity index (χ4n) is 2.83. The van der Waals surface area contributed by atoms with Gasteiger partial charge in [0.15, 0.2) is 0 Å². The van der Waals surface area contributed by atoms with E-state index < -0.39 is 0 Å². The highest BCUT2D eigenvalue weighted by atomic mass is 16.5. The van der Waals surface area contributed by atoms with E-state index in [1.54, 1.807) is 0 Å². The summed E-state index contributed by atoms with van der Waals surface area (Å²) in [6.45, 7) is 7.12. The number of amides is 1. The number of carbonyl (C=O) groups excluding carboxylic acids is 1. The molecule has 2 fully saturated rings. The van der Waals surface area contributed by atoms with Gasteiger partial charge in [0.25, 0.3) is 0 Å². The lowest BCUT2D eigenvalue weighted by Gasteiger charge is -2.39. The van der Waals surface area contributed by atoms with Crippen molar-refractivity contribution >= 4 is 5.91 Å². The molecule has 2 aliphatic heterocycles. The minimum Gasteiger partial charge on any atom is -0.363 e. The second kappa shape index (κ2) is 6.02. The predicted molar refractivity (Wildman–Crippen MR) is 71.5 cm³/mol. The van der Waals surface area contributed by atoms with Crippen LogP contribution in [-0.4, -0.2) is 48.7 Å². The Kier molecular flexibility index (Phi) is 4.62. The number of carbonyl (C=O) groups is 1. The standard InChI is InChI=1S/C14H26N2O2/c1-3-12-7-5-4-6-8-16(12)13(17)9-18-14(2)10-15-11-14/h12,15H,3-11H2,1-2H3. The number of ether oxygens (including phenoxy) is 1. The summed E-state index contributed by atoms with van der Waals surface area (Å²) in [5.74, 6) is 0.178. The average Bonchev–Trinajstić information content (AvgIpc) is 2.58. The molecule has 2 aliphatic rings. The minimum atomic E-state index is -0.122. The van der Waals surface area contributed by atoms with Gasteiger partial charge in [0.2, 0.25) is 5.91 Å². The molecule has 4 heteroatoms. The number of hydrogen-bond donors (Lipinski definition) is 1. The van der Waals surface area contributed by atoms with Crippen molar-refractivity contribution in [3.8, 4) is 0 Å². The van der Waals surface area contributed by atoms with Crippen molar-refractivity contribution in [1.82, 2.24) is 10.2 Å². The van der Waals surface area contributed by atoms with Gasteiger partial charge in [-0.25, -0.2) is 0 Å². The molecule has 4 nitrogen and oxygen atoms in total. The molecule has 2 saturated heterocycles. The van der Waals surface area contributed by atoms with Crippen LogP contribution in [0.4, 0.5) is 0 Å². The van der Waals surface area contributed by atoms with Gasteiger partial charge in [0.1, 0.15) is 6.61 Å². The SMILES string of the molecule is CCC1CCCCCN1C(=O)COC1(C)CNC1. The second-order valence-electron chi connectivity index (χ2n) is 5.84. The molecule has 0 saturated carbocycles. The van der Waals surface area contributed by atoms with Crippen LogP contribution in [0.1, 0.15) is 46.0 Å². The van der Waals surface area contributed by atoms with Crippen LogP contribution in [0.3, 0.4) is 0 Å². The molecule has 2 rings (SSSR count). The highest BCUT2D eigenvalue weighted by Crippen LogP contribution is 2.20. The van der Waals surface area contributed by atoms with Crippen LogP contribution in [-0.2, 0) is 9.53 Å². The van der Waals surface area contributed by atoms with Gasteiger partial charge >= 0.3 is 0 Å². The summed E-state index contributed by atoms with van der Waals surface area (Å²) in [4.78, 5) is 14.3. The van der Waals surface area contributed by atoms with Crippen LogP contribution in [0.15, 0.2) is 0 Å². The summed E-state index contributed by atoms with van der Waals surface area (Å²) < 4.78 is 5.76. The van der Waals surface area contributed by atoms with E-state index in [2.05, 4.69) is 24.1 Å². The van der Waals surface area contributed by atoms with Crippen LogP contribution < -0.4 is 5.32 Å². The van der Waals surface area contributed by atoms with Crippen molar-refractivity contribution in [2.24, 2.45) is 0 Å². The molecule has 0 radical (unpaired) electrons. The molecular formula is C14H26N2O2. The van der Waals surface area contributed by atoms with E-state index in [9.17, 15) is 4.79 Å². The van der Waals surface area contributed by atoms with E-state index in [1.807, 2.05) is 0 Å². The third-order valence-electron chi connectivity index (χ3n) is 4.21. The number of nitrogens with one attached hydrogen (secondary N) is 1. The summed E-state index contributed by atoms with van der Waals surface area (Å²) in [5, 5.41) is 3.19. The Morgan fingerprint density at radius 3 is 2.78 bits per heavy atom. The van der Waals surface area contributed by atoms with Gasteiger partial charge < -0.3 is 15.0 Å². The number of likely N-dealkylation sites (tertiary alicyclic amines) is 1. The predicted octanol–water partition coefficient (Wildman–Crippen LogP) is 1.55. The molecule has 0 aromatic heterocycles. The first-order valence-corrected chi connectivity index (χ1v) is 7.29. The van der Waals surface area contributed by atoms with Crippen LogP contribution in [0, 0.1) is 0 Å². The first kappa shape index (κ1) is 13.8. The van der Waals surface area contributed by atoms with Crippen molar-refractivity contribution in [3.05, 3.63) is 0 Å². The average molecular weight is 254 g/mol. The van der Waals surface area contributed by atoms with E-state index in [-0.39, 0.29) is 18.1 Å². The Morgan fingerprint density at radius 1 is 1.39 bits per heavy atom. The smallest absolute Gasteiger partial charge is 0.248 e. The molecule has 0 bridgehead atoms. The highest BCUT2D eigenvalue weighted by Gasteiger charge is 2.34. The molecule has 104 valence electrons. The van der Waals surface area contributed by atoms with Crippen LogP contribution in [0.2, 0.25) is 0 Å². The zero-order valence-electron chi connectivity index (χ0n) is 11.7. The Morgan fingerprint density at radius 2 is 2.17 bits per heavy atom. The molecule has 18 heavy (non-hydrogen) atoms. The lowest BCUT2D eigenvalue weighted by atomic mass is 10.0. The first-order chi connectivity index (χ1) is 8.64. The topological polar surface area (TPSA) is 41.6 Å². The molecule has 0 aliphatic carbocycles. The summed E-state index contributed by atoms with van der Waals surface area (Å²) in [6, 6.07) is 0.427. The number of rotatable bonds is 4. The van der Waals surface area contributed by atoms with Crippen molar-refractivity contribution in [1.29, 1.82) is 0 Å². The van der Waals surface area contributed by atoms with Crippen molar-refractivity contribution in [3.63, 3.8) is 0 Å². The summed E-state index contributed by atoms with van der Waals surface area (Å²) in [7, 11) is 0. The van der Waals surface area contributed by atoms with Crippen LogP contribution >= 0.6 is 0 Å². The summed E-state index contributed by atoms with van der Waals surface area (Å²) in [5.41, 5.74) is -0.122. The van der Waals surface area contributed by atoms with E-state index in [0.717, 1.165) is 38.9 Å². The van der Waals surface area contributed by atoms with Crippen molar-refractivity contribution in [2.45, 2.75) is 57.6 Å². The normalized spacial score (nSPS) is 27.4. The monoisotopic (exact) mass is 254 g/mol. The van der Waals surface area contributed by atoms with Crippen LogP contribution in [0.25, 0.3) is 0 Å². The fourth-order valence-corrected chi connectivity index (χ4v) is 2.83. The Hall–Kier alpha value is -0.610. The molecule has 1 N–H and O–H groups in total. The van der Waals surface area contributed by atoms with Crippen LogP contribution in [0.5, 0.6) is 0 Å². The molecular weight excluding hydrogens is 228 g/mol. The van der Waals surface area contributed by atoms with Gasteiger partial charge in [-0.1, -0.05) is 19.8 Å². The lowest BCUT2D eigenvalue weighted by molar-refractivity contribution is -0.148. The Labute approximate surface area is 110 Å². The summed E-state index contributed by atoms with van der Waals surface area (Å²) >= 11 is 0. The zero-order valence-corrected chi connectivity index (χ0v) is 11.7. The number of nitrogens with zero attached hydrogens (tertiary/aromatic N) is 1. The van der Waals surface area contributed by atoms with E-state index in [1.165, 1.54) is 12.8 Å².